The summed E-state index contributed by atoms with van der Waals surface area (Å²) >= 11 is 0. The van der Waals surface area contributed by atoms with E-state index in [1.54, 1.807) is 30.3 Å². The highest BCUT2D eigenvalue weighted by Gasteiger charge is 2.45. The molecule has 1 amide bonds. The van der Waals surface area contributed by atoms with Crippen LogP contribution in [0.5, 0.6) is 0 Å². The van der Waals surface area contributed by atoms with Gasteiger partial charge in [0.2, 0.25) is 0 Å². The van der Waals surface area contributed by atoms with Crippen LogP contribution < -0.4 is 5.32 Å². The Hall–Kier alpha value is -2.07. The van der Waals surface area contributed by atoms with Crippen LogP contribution in [0.15, 0.2) is 47.1 Å². The number of anilines is 1. The van der Waals surface area contributed by atoms with Crippen molar-refractivity contribution in [2.75, 3.05) is 5.32 Å². The molecule has 4 heteroatoms. The molecule has 1 aromatic carbocycles. The third kappa shape index (κ3) is 1.45. The van der Waals surface area contributed by atoms with Gasteiger partial charge in [-0.25, -0.2) is 0 Å². The molecule has 1 aliphatic rings. The quantitative estimate of drug-likeness (QED) is 0.823. The third-order valence-corrected chi connectivity index (χ3v) is 3.01. The first-order valence-electron chi connectivity index (χ1n) is 5.36. The highest BCUT2D eigenvalue weighted by atomic mass is 16.3. The van der Waals surface area contributed by atoms with Gasteiger partial charge in [-0.15, -0.1) is 0 Å². The molecule has 0 radical (unpaired) electrons. The molecule has 0 saturated heterocycles. The lowest BCUT2D eigenvalue weighted by Crippen LogP contribution is -2.36. The lowest BCUT2D eigenvalue weighted by atomic mass is 9.91. The van der Waals surface area contributed by atoms with Crippen molar-refractivity contribution < 1.29 is 14.3 Å². The molecule has 0 spiro atoms. The van der Waals surface area contributed by atoms with Crippen molar-refractivity contribution in [1.29, 1.82) is 0 Å². The van der Waals surface area contributed by atoms with E-state index in [1.807, 2.05) is 6.07 Å². The zero-order valence-electron chi connectivity index (χ0n) is 9.01. The van der Waals surface area contributed by atoms with Gasteiger partial charge in [-0.05, 0) is 18.2 Å². The predicted octanol–water partition coefficient (Wildman–Crippen LogP) is 1.66. The Labute approximate surface area is 97.9 Å². The summed E-state index contributed by atoms with van der Waals surface area (Å²) in [5.74, 6) is 0.175. The minimum absolute atomic E-state index is 0.142. The predicted molar refractivity (Wildman–Crippen MR) is 61.4 cm³/mol. The Morgan fingerprint density at radius 1 is 1.24 bits per heavy atom. The molecule has 0 saturated carbocycles. The number of rotatable bonds is 2. The van der Waals surface area contributed by atoms with Crippen molar-refractivity contribution in [3.05, 3.63) is 54.0 Å². The van der Waals surface area contributed by atoms with Crippen LogP contribution in [0, 0.1) is 0 Å². The number of nitrogens with one attached hydrogen (secondary N) is 1. The second-order valence-corrected chi connectivity index (χ2v) is 4.12. The molecule has 17 heavy (non-hydrogen) atoms. The maximum absolute atomic E-state index is 11.9. The number of benzene rings is 1. The smallest absolute Gasteiger partial charge is 0.261 e. The molecule has 2 heterocycles. The van der Waals surface area contributed by atoms with Gasteiger partial charge in [0.1, 0.15) is 5.76 Å². The third-order valence-electron chi connectivity index (χ3n) is 3.01. The molecule has 4 nitrogen and oxygen atoms in total. The van der Waals surface area contributed by atoms with Gasteiger partial charge in [-0.3, -0.25) is 4.79 Å². The standard InChI is InChI=1S/C13H11NO3/c15-12-13(16,8-9-4-3-7-17-9)10-5-1-2-6-11(10)14-12/h1-7,16H,8H2,(H,14,15). The second-order valence-electron chi connectivity index (χ2n) is 4.12. The summed E-state index contributed by atoms with van der Waals surface area (Å²) in [7, 11) is 0. The molecule has 3 rings (SSSR count). The topological polar surface area (TPSA) is 62.5 Å². The zero-order chi connectivity index (χ0) is 11.9. The van der Waals surface area contributed by atoms with Gasteiger partial charge in [0.05, 0.1) is 6.26 Å². The summed E-state index contributed by atoms with van der Waals surface area (Å²) < 4.78 is 5.18. The summed E-state index contributed by atoms with van der Waals surface area (Å²) in [5.41, 5.74) is -0.276. The molecule has 0 fully saturated rings. The molecule has 1 unspecified atom stereocenters. The Bertz CT molecular complexity index is 562. The first-order valence-corrected chi connectivity index (χ1v) is 5.36. The Morgan fingerprint density at radius 2 is 2.06 bits per heavy atom. The van der Waals surface area contributed by atoms with Gasteiger partial charge in [0.25, 0.3) is 5.91 Å². The van der Waals surface area contributed by atoms with E-state index in [-0.39, 0.29) is 6.42 Å². The Kier molecular flexibility index (Phi) is 2.06. The van der Waals surface area contributed by atoms with E-state index in [0.717, 1.165) is 0 Å². The number of fused-ring (bicyclic) bond motifs is 1. The fourth-order valence-electron chi connectivity index (χ4n) is 2.14. The minimum Gasteiger partial charge on any atom is -0.469 e. The maximum Gasteiger partial charge on any atom is 0.261 e. The molecule has 2 aromatic rings. The van der Waals surface area contributed by atoms with E-state index >= 15 is 0 Å². The lowest BCUT2D eigenvalue weighted by Gasteiger charge is -2.19. The van der Waals surface area contributed by atoms with Crippen LogP contribution in [0.2, 0.25) is 0 Å². The second kappa shape index (κ2) is 3.46. The molecule has 2 N–H and O–H groups in total. The van der Waals surface area contributed by atoms with Gasteiger partial charge in [-0.1, -0.05) is 18.2 Å². The van der Waals surface area contributed by atoms with E-state index in [9.17, 15) is 9.90 Å². The average molecular weight is 229 g/mol. The van der Waals surface area contributed by atoms with Gasteiger partial charge < -0.3 is 14.8 Å². The lowest BCUT2D eigenvalue weighted by molar-refractivity contribution is -0.133. The molecule has 1 aliphatic heterocycles. The molecular formula is C13H11NO3. The average Bonchev–Trinajstić information content (AvgIpc) is 2.89. The summed E-state index contributed by atoms with van der Waals surface area (Å²) in [6.07, 6.45) is 1.67. The minimum atomic E-state index is -1.53. The number of amides is 1. The van der Waals surface area contributed by atoms with Crippen LogP contribution in [0.4, 0.5) is 5.69 Å². The zero-order valence-corrected chi connectivity index (χ0v) is 9.01. The normalized spacial score (nSPS) is 22.3. The van der Waals surface area contributed by atoms with Crippen molar-refractivity contribution in [3.8, 4) is 0 Å². The van der Waals surface area contributed by atoms with Crippen molar-refractivity contribution >= 4 is 11.6 Å². The van der Waals surface area contributed by atoms with Gasteiger partial charge >= 0.3 is 0 Å². The van der Waals surface area contributed by atoms with Crippen LogP contribution in [-0.2, 0) is 16.8 Å². The molecule has 0 bridgehead atoms. The van der Waals surface area contributed by atoms with E-state index in [2.05, 4.69) is 5.32 Å². The number of aliphatic hydroxyl groups is 1. The van der Waals surface area contributed by atoms with Crippen molar-refractivity contribution in [2.45, 2.75) is 12.0 Å². The summed E-state index contributed by atoms with van der Waals surface area (Å²) in [5, 5.41) is 13.2. The van der Waals surface area contributed by atoms with Gasteiger partial charge in [0, 0.05) is 17.7 Å². The van der Waals surface area contributed by atoms with Crippen LogP contribution in [0.1, 0.15) is 11.3 Å². The monoisotopic (exact) mass is 229 g/mol. The first kappa shape index (κ1) is 10.1. The Morgan fingerprint density at radius 3 is 2.82 bits per heavy atom. The number of furan rings is 1. The molecule has 1 aromatic heterocycles. The van der Waals surface area contributed by atoms with Gasteiger partial charge in [-0.2, -0.15) is 0 Å². The SMILES string of the molecule is O=C1Nc2ccccc2C1(O)Cc1ccco1. The molecule has 1 atom stereocenters. The van der Waals surface area contributed by atoms with Crippen molar-refractivity contribution in [1.82, 2.24) is 0 Å². The van der Waals surface area contributed by atoms with Crippen LogP contribution in [0.3, 0.4) is 0 Å². The van der Waals surface area contributed by atoms with Crippen LogP contribution in [0.25, 0.3) is 0 Å². The van der Waals surface area contributed by atoms with Crippen molar-refractivity contribution in [2.24, 2.45) is 0 Å². The summed E-state index contributed by atoms with van der Waals surface area (Å²) in [4.78, 5) is 11.9. The molecular weight excluding hydrogens is 218 g/mol. The number of hydrogen-bond acceptors (Lipinski definition) is 3. The van der Waals surface area contributed by atoms with E-state index in [0.29, 0.717) is 17.0 Å². The van der Waals surface area contributed by atoms with Gasteiger partial charge in [0.15, 0.2) is 5.60 Å². The number of hydrogen-bond donors (Lipinski definition) is 2. The van der Waals surface area contributed by atoms with Crippen LogP contribution >= 0.6 is 0 Å². The number of para-hydroxylation sites is 1. The Balaban J connectivity index is 2.04. The first-order chi connectivity index (χ1) is 8.20. The number of carbonyl (C=O) groups excluding carboxylic acids is 1. The summed E-state index contributed by atoms with van der Waals surface area (Å²) in [6, 6.07) is 10.6. The van der Waals surface area contributed by atoms with Crippen molar-refractivity contribution in [3.63, 3.8) is 0 Å². The van der Waals surface area contributed by atoms with E-state index in [1.165, 1.54) is 6.26 Å². The summed E-state index contributed by atoms with van der Waals surface area (Å²) in [6.45, 7) is 0. The highest BCUT2D eigenvalue weighted by Crippen LogP contribution is 2.37. The maximum atomic E-state index is 11.9. The molecule has 86 valence electrons. The largest absolute Gasteiger partial charge is 0.469 e. The highest BCUT2D eigenvalue weighted by molar-refractivity contribution is 6.04. The van der Waals surface area contributed by atoms with Crippen LogP contribution in [-0.4, -0.2) is 11.0 Å². The number of carbonyl (C=O) groups is 1. The molecule has 0 aliphatic carbocycles. The van der Waals surface area contributed by atoms with E-state index < -0.39 is 11.5 Å². The fraction of sp³-hybridized carbons (Fsp3) is 0.154. The van der Waals surface area contributed by atoms with E-state index in [4.69, 9.17) is 4.42 Å². The fourth-order valence-corrected chi connectivity index (χ4v) is 2.14.